The van der Waals surface area contributed by atoms with Crippen molar-refractivity contribution in [2.45, 2.75) is 285 Å². The maximum Gasteiger partial charge on any atom is 0.187 e. The average molecular weight is 1290 g/mol. The average Bonchev–Trinajstić information content (AvgIpc) is 1.66. The van der Waals surface area contributed by atoms with Crippen molar-refractivity contribution in [2.75, 3.05) is 33.0 Å². The molecule has 0 spiro atoms. The predicted molar refractivity (Wildman–Crippen MR) is 303 cm³/mol. The molecule has 5 saturated heterocycles. The lowest BCUT2D eigenvalue weighted by Crippen LogP contribution is -2.65. The first-order valence-electron chi connectivity index (χ1n) is 31.9. The van der Waals surface area contributed by atoms with Gasteiger partial charge in [0.2, 0.25) is 0 Å². The molecule has 516 valence electrons. The SMILES string of the molecule is C[C@@H]1[C@@H](O)[C@H](OC[C@H]2O[C@@H](O[C@H](CC[C@@H](C)C3CC[C@@]4(C)C5CC=C6C(CC[C@H](O[C@@H]7O[C@H](CO[C@@H]8O[C@H](CO)[C@@H](O)[C@H](O[C@@H]9O[C@H](CO)[C@@H](O)[C@H](O)[C@H]9O)[C@H]8O)[C@@H](O)[C@H](O)[C@H]7O)C6(C)C)[C@]5(C)[C@H](O)C[C@]34C)C(C)(C)O)[C@H](O)[C@@H](O)[C@@H]2O)O[C@H](CO)[C@H]1O. The molecule has 0 bridgehead atoms. The summed E-state index contributed by atoms with van der Waals surface area (Å²) >= 11 is 0. The Morgan fingerprint density at radius 1 is 0.539 bits per heavy atom. The summed E-state index contributed by atoms with van der Waals surface area (Å²) in [5.74, 6) is -0.525. The van der Waals surface area contributed by atoms with Gasteiger partial charge in [0.1, 0.15) is 110 Å². The molecule has 9 rings (SSSR count). The molecule has 28 heteroatoms. The van der Waals surface area contributed by atoms with Crippen LogP contribution in [0.1, 0.15) is 114 Å². The van der Waals surface area contributed by atoms with Crippen LogP contribution in [-0.2, 0) is 47.4 Å². The molecule has 18 N–H and O–H groups in total. The summed E-state index contributed by atoms with van der Waals surface area (Å²) in [6.07, 6.45) is -33.1. The van der Waals surface area contributed by atoms with Crippen molar-refractivity contribution < 1.29 is 139 Å². The summed E-state index contributed by atoms with van der Waals surface area (Å²) in [5, 5.41) is 195. The standard InChI is InChI=1S/C61H104O28/c1-24(10-14-37(58(5,6)79)88-55-48(76)46(74)41(69)32(86-55)22-80-52-39(67)25(2)38(66)29(19-62)82-52)26-16-17-59(7)34-13-11-27-28(61(34,9)35(65)18-60(26,59)8)12-15-36(57(27,3)4)87-54-47(75)45(73)42(70)33(85-54)23-81-53-50(78)51(43(71)31(21-64)83-53)89-56-49(77)44(72)40(68)30(20-63)84-56/h11,24-26,28-56,62-79H,10,12-23H2,1-9H3/t24-,25+,26?,28?,29-,30-,31-,32-,33-,34?,35-,36+,37-,38+,39-,40-,41-,42-,43-,44+,45+,46+,47-,48-,49-,50-,51+,52-,53-,54+,55+,56+,59+,60-,61+/m1/s1. The maximum atomic E-state index is 12.8. The first kappa shape index (κ1) is 71.9. The fourth-order valence-electron chi connectivity index (χ4n) is 17.2. The summed E-state index contributed by atoms with van der Waals surface area (Å²) in [4.78, 5) is 0. The van der Waals surface area contributed by atoms with E-state index in [1.54, 1.807) is 20.8 Å². The molecule has 9 aliphatic rings. The smallest absolute Gasteiger partial charge is 0.187 e. The van der Waals surface area contributed by atoms with E-state index < -0.39 is 221 Å². The Kier molecular flexibility index (Phi) is 22.3. The van der Waals surface area contributed by atoms with Crippen molar-refractivity contribution >= 4 is 0 Å². The molecule has 0 aromatic heterocycles. The minimum Gasteiger partial charge on any atom is -0.394 e. The maximum absolute atomic E-state index is 12.8. The van der Waals surface area contributed by atoms with Gasteiger partial charge >= 0.3 is 0 Å². The lowest BCUT2D eigenvalue weighted by molar-refractivity contribution is -0.366. The molecule has 8 fully saturated rings. The van der Waals surface area contributed by atoms with Crippen molar-refractivity contribution in [2.24, 2.45) is 51.2 Å². The van der Waals surface area contributed by atoms with Gasteiger partial charge in [-0.25, -0.2) is 0 Å². The molecule has 3 unspecified atom stereocenters. The van der Waals surface area contributed by atoms with Gasteiger partial charge in [-0.2, -0.15) is 0 Å². The van der Waals surface area contributed by atoms with Crippen LogP contribution in [0.5, 0.6) is 0 Å². The zero-order valence-electron chi connectivity index (χ0n) is 52.4. The Morgan fingerprint density at radius 2 is 1.02 bits per heavy atom. The van der Waals surface area contributed by atoms with Crippen LogP contribution < -0.4 is 0 Å². The molecule has 5 heterocycles. The number of rotatable bonds is 20. The number of aliphatic hydroxyl groups is 18. The third-order valence-corrected chi connectivity index (χ3v) is 23.2. The Hall–Kier alpha value is -1.38. The van der Waals surface area contributed by atoms with Gasteiger partial charge in [-0.3, -0.25) is 0 Å². The number of aliphatic hydroxyl groups excluding tert-OH is 17. The van der Waals surface area contributed by atoms with Gasteiger partial charge in [0.15, 0.2) is 31.5 Å². The summed E-state index contributed by atoms with van der Waals surface area (Å²) in [5.41, 5.74) is -2.20. The summed E-state index contributed by atoms with van der Waals surface area (Å²) in [7, 11) is 0. The molecule has 0 aromatic rings. The normalized spacial score (nSPS) is 51.8. The largest absolute Gasteiger partial charge is 0.394 e. The van der Waals surface area contributed by atoms with E-state index in [1.165, 1.54) is 0 Å². The minimum atomic E-state index is -1.90. The van der Waals surface area contributed by atoms with Crippen LogP contribution in [0.25, 0.3) is 0 Å². The van der Waals surface area contributed by atoms with Crippen molar-refractivity contribution in [3.8, 4) is 0 Å². The second-order valence-corrected chi connectivity index (χ2v) is 29.1. The molecule has 0 radical (unpaired) electrons. The highest BCUT2D eigenvalue weighted by molar-refractivity contribution is 5.32. The highest BCUT2D eigenvalue weighted by Gasteiger charge is 2.70. The highest BCUT2D eigenvalue weighted by atomic mass is 16.8. The molecule has 0 amide bonds. The number of fused-ring (bicyclic) bond motifs is 5. The van der Waals surface area contributed by atoms with E-state index in [-0.39, 0.29) is 34.5 Å². The Labute approximate surface area is 518 Å². The van der Waals surface area contributed by atoms with E-state index >= 15 is 0 Å². The van der Waals surface area contributed by atoms with Crippen molar-refractivity contribution in [1.82, 2.24) is 0 Å². The van der Waals surface area contributed by atoms with Crippen molar-refractivity contribution in [3.05, 3.63) is 11.6 Å². The Balaban J connectivity index is 0.829. The lowest BCUT2D eigenvalue weighted by Gasteiger charge is -2.67. The van der Waals surface area contributed by atoms with Gasteiger partial charge in [0.05, 0.1) is 63.1 Å². The number of allylic oxidation sites excluding steroid dienone is 1. The fourth-order valence-corrected chi connectivity index (χ4v) is 17.2. The zero-order valence-corrected chi connectivity index (χ0v) is 52.4. The number of ether oxygens (including phenoxy) is 10. The van der Waals surface area contributed by atoms with Crippen molar-refractivity contribution in [3.63, 3.8) is 0 Å². The van der Waals surface area contributed by atoms with E-state index in [9.17, 15) is 91.9 Å². The van der Waals surface area contributed by atoms with Gasteiger partial charge in [-0.15, -0.1) is 0 Å². The summed E-state index contributed by atoms with van der Waals surface area (Å²) < 4.78 is 59.0. The fraction of sp³-hybridized carbons (Fsp3) is 0.967. The molecule has 0 aromatic carbocycles. The van der Waals surface area contributed by atoms with Crippen LogP contribution >= 0.6 is 0 Å². The van der Waals surface area contributed by atoms with E-state index in [0.717, 1.165) is 18.4 Å². The lowest BCUT2D eigenvalue weighted by atomic mass is 9.38. The molecule has 35 atom stereocenters. The van der Waals surface area contributed by atoms with Crippen LogP contribution in [0, 0.1) is 51.2 Å². The predicted octanol–water partition coefficient (Wildman–Crippen LogP) is -4.13. The van der Waals surface area contributed by atoms with Crippen LogP contribution in [0.2, 0.25) is 0 Å². The summed E-state index contributed by atoms with van der Waals surface area (Å²) in [6, 6.07) is 0. The molecular formula is C61H104O28. The van der Waals surface area contributed by atoms with Gasteiger partial charge in [-0.05, 0) is 99.7 Å². The monoisotopic (exact) mass is 1280 g/mol. The third kappa shape index (κ3) is 13.1. The first-order valence-corrected chi connectivity index (χ1v) is 31.9. The van der Waals surface area contributed by atoms with Crippen LogP contribution in [-0.4, -0.2) is 296 Å². The van der Waals surface area contributed by atoms with Crippen LogP contribution in [0.3, 0.4) is 0 Å². The van der Waals surface area contributed by atoms with Gasteiger partial charge in [-0.1, -0.05) is 60.1 Å². The summed E-state index contributed by atoms with van der Waals surface area (Å²) in [6.45, 7) is 14.7. The molecule has 28 nitrogen and oxygen atoms in total. The molecule has 3 saturated carbocycles. The number of hydrogen-bond acceptors (Lipinski definition) is 28. The second kappa shape index (κ2) is 27.6. The molecule has 89 heavy (non-hydrogen) atoms. The van der Waals surface area contributed by atoms with E-state index in [1.807, 2.05) is 13.8 Å². The van der Waals surface area contributed by atoms with Crippen LogP contribution in [0.4, 0.5) is 0 Å². The van der Waals surface area contributed by atoms with E-state index in [4.69, 9.17) is 47.4 Å². The van der Waals surface area contributed by atoms with E-state index in [2.05, 4.69) is 33.8 Å². The number of hydrogen-bond donors (Lipinski definition) is 18. The topological polar surface area (TPSA) is 456 Å². The van der Waals surface area contributed by atoms with Crippen LogP contribution in [0.15, 0.2) is 11.6 Å². The molecule has 5 aliphatic heterocycles. The van der Waals surface area contributed by atoms with Gasteiger partial charge < -0.3 is 139 Å². The van der Waals surface area contributed by atoms with Gasteiger partial charge in [0.25, 0.3) is 0 Å². The quantitative estimate of drug-likeness (QED) is 0.0515. The van der Waals surface area contributed by atoms with E-state index in [0.29, 0.717) is 38.5 Å². The molecule has 4 aliphatic carbocycles. The highest BCUT2D eigenvalue weighted by Crippen LogP contribution is 2.75. The molecular weight excluding hydrogens is 1180 g/mol. The Bertz CT molecular complexity index is 2350. The Morgan fingerprint density at radius 3 is 1.58 bits per heavy atom. The second-order valence-electron chi connectivity index (χ2n) is 29.1. The zero-order chi connectivity index (χ0) is 65.5. The third-order valence-electron chi connectivity index (χ3n) is 23.2. The van der Waals surface area contributed by atoms with Crippen molar-refractivity contribution in [1.29, 1.82) is 0 Å². The van der Waals surface area contributed by atoms with Gasteiger partial charge in [0, 0.05) is 16.7 Å². The first-order chi connectivity index (χ1) is 41.6. The minimum absolute atomic E-state index is 0.0625.